The molecule has 124 valence electrons. The molecule has 0 spiro atoms. The van der Waals surface area contributed by atoms with Crippen LogP contribution in [-0.2, 0) is 10.0 Å². The molecule has 22 heavy (non-hydrogen) atoms. The zero-order valence-electron chi connectivity index (χ0n) is 12.4. The molecule has 1 saturated carbocycles. The van der Waals surface area contributed by atoms with Gasteiger partial charge >= 0.3 is 0 Å². The number of hydrogen-bond donors (Lipinski definition) is 2. The zero-order valence-corrected chi connectivity index (χ0v) is 14.0. The van der Waals surface area contributed by atoms with Crippen LogP contribution in [-0.4, -0.2) is 25.9 Å². The Bertz CT molecular complexity index is 674. The van der Waals surface area contributed by atoms with Gasteiger partial charge in [-0.15, -0.1) is 12.4 Å². The molecule has 1 fully saturated rings. The highest BCUT2D eigenvalue weighted by Crippen LogP contribution is 2.32. The Hall–Kier alpha value is -1.22. The van der Waals surface area contributed by atoms with Gasteiger partial charge in [-0.1, -0.05) is 12.1 Å². The predicted octanol–water partition coefficient (Wildman–Crippen LogP) is 1.65. The lowest BCUT2D eigenvalue weighted by Gasteiger charge is -2.14. The van der Waals surface area contributed by atoms with Crippen molar-refractivity contribution in [3.63, 3.8) is 0 Å². The summed E-state index contributed by atoms with van der Waals surface area (Å²) in [5, 5.41) is 11.2. The molecule has 1 aliphatic rings. The second-order valence-corrected chi connectivity index (χ2v) is 7.19. The van der Waals surface area contributed by atoms with Gasteiger partial charge in [-0.3, -0.25) is 10.1 Å². The van der Waals surface area contributed by atoms with Gasteiger partial charge in [0.2, 0.25) is 10.0 Å². The fourth-order valence-electron chi connectivity index (χ4n) is 2.31. The molecule has 1 atom stereocenters. The first kappa shape index (κ1) is 18.8. The molecule has 1 aliphatic carbocycles. The van der Waals surface area contributed by atoms with Gasteiger partial charge in [0.15, 0.2) is 4.90 Å². The first-order valence-corrected chi connectivity index (χ1v) is 8.22. The van der Waals surface area contributed by atoms with E-state index in [0.717, 1.165) is 12.8 Å². The number of aryl methyl sites for hydroxylation is 2. The molecule has 0 bridgehead atoms. The van der Waals surface area contributed by atoms with Crippen molar-refractivity contribution in [2.45, 2.75) is 37.6 Å². The van der Waals surface area contributed by atoms with E-state index in [0.29, 0.717) is 17.0 Å². The number of nitro benzene ring substituents is 1. The minimum Gasteiger partial charge on any atom is -0.326 e. The van der Waals surface area contributed by atoms with Crippen LogP contribution >= 0.6 is 12.4 Å². The Morgan fingerprint density at radius 1 is 1.36 bits per heavy atom. The van der Waals surface area contributed by atoms with E-state index in [2.05, 4.69) is 4.72 Å². The van der Waals surface area contributed by atoms with E-state index < -0.39 is 14.9 Å². The van der Waals surface area contributed by atoms with Gasteiger partial charge in [-0.25, -0.2) is 13.1 Å². The molecule has 0 aliphatic heterocycles. The minimum absolute atomic E-state index is 0. The minimum atomic E-state index is -3.96. The number of hydrogen-bond acceptors (Lipinski definition) is 5. The summed E-state index contributed by atoms with van der Waals surface area (Å²) < 4.78 is 27.2. The third kappa shape index (κ3) is 3.95. The number of nitrogens with two attached hydrogens (primary N) is 1. The molecule has 9 heteroatoms. The van der Waals surface area contributed by atoms with Crippen LogP contribution in [0.4, 0.5) is 5.69 Å². The Morgan fingerprint density at radius 3 is 2.41 bits per heavy atom. The van der Waals surface area contributed by atoms with E-state index in [1.165, 1.54) is 6.92 Å². The van der Waals surface area contributed by atoms with E-state index in [1.807, 2.05) is 0 Å². The Labute approximate surface area is 135 Å². The second kappa shape index (κ2) is 6.91. The highest BCUT2D eigenvalue weighted by atomic mass is 35.5. The van der Waals surface area contributed by atoms with Crippen LogP contribution in [0.3, 0.4) is 0 Å². The SMILES string of the molecule is Cc1ccc(C)c(S(=O)(=O)NCC(N)C2CC2)c1[N+](=O)[O-].Cl. The number of nitrogens with one attached hydrogen (secondary N) is 1. The molecule has 0 aromatic heterocycles. The molecule has 0 radical (unpaired) electrons. The lowest BCUT2D eigenvalue weighted by molar-refractivity contribution is -0.388. The maximum atomic E-state index is 12.4. The molecule has 1 aromatic carbocycles. The van der Waals surface area contributed by atoms with Crippen molar-refractivity contribution < 1.29 is 13.3 Å². The standard InChI is InChI=1S/C13H19N3O4S.ClH/c1-8-3-4-9(2)13(12(8)16(17)18)21(19,20)15-7-11(14)10-5-6-10;/h3-4,10-11,15H,5-7,14H2,1-2H3;1H. The van der Waals surface area contributed by atoms with Crippen LogP contribution < -0.4 is 10.5 Å². The molecule has 0 amide bonds. The van der Waals surface area contributed by atoms with E-state index in [9.17, 15) is 18.5 Å². The number of nitrogens with zero attached hydrogens (tertiary/aromatic N) is 1. The number of nitro groups is 1. The topological polar surface area (TPSA) is 115 Å². The summed E-state index contributed by atoms with van der Waals surface area (Å²) in [7, 11) is -3.96. The summed E-state index contributed by atoms with van der Waals surface area (Å²) in [6.07, 6.45) is 2.01. The second-order valence-electron chi connectivity index (χ2n) is 5.49. The van der Waals surface area contributed by atoms with Crippen LogP contribution in [0.1, 0.15) is 24.0 Å². The zero-order chi connectivity index (χ0) is 15.8. The number of rotatable bonds is 6. The average molecular weight is 350 g/mol. The summed E-state index contributed by atoms with van der Waals surface area (Å²) in [5.74, 6) is 0.348. The quantitative estimate of drug-likeness (QED) is 0.598. The smallest absolute Gasteiger partial charge is 0.292 e. The predicted molar refractivity (Wildman–Crippen MR) is 85.7 cm³/mol. The van der Waals surface area contributed by atoms with E-state index in [1.54, 1.807) is 19.1 Å². The summed E-state index contributed by atoms with van der Waals surface area (Å²) in [5.41, 5.74) is 6.16. The van der Waals surface area contributed by atoms with E-state index in [4.69, 9.17) is 5.73 Å². The molecule has 7 nitrogen and oxygen atoms in total. The first-order valence-electron chi connectivity index (χ1n) is 6.74. The van der Waals surface area contributed by atoms with Crippen LogP contribution in [0, 0.1) is 29.9 Å². The molecule has 0 heterocycles. The van der Waals surface area contributed by atoms with Crippen LogP contribution in [0.5, 0.6) is 0 Å². The fourth-order valence-corrected chi connectivity index (χ4v) is 3.84. The van der Waals surface area contributed by atoms with Crippen molar-refractivity contribution in [3.8, 4) is 0 Å². The molecule has 1 aromatic rings. The number of sulfonamides is 1. The largest absolute Gasteiger partial charge is 0.326 e. The normalized spacial score (nSPS) is 16.0. The molecular weight excluding hydrogens is 330 g/mol. The van der Waals surface area contributed by atoms with Gasteiger partial charge in [0.1, 0.15) is 0 Å². The molecule has 2 rings (SSSR count). The van der Waals surface area contributed by atoms with E-state index in [-0.39, 0.29) is 35.6 Å². The van der Waals surface area contributed by atoms with Gasteiger partial charge in [0.25, 0.3) is 5.69 Å². The Kier molecular flexibility index (Phi) is 5.91. The molecule has 0 saturated heterocycles. The van der Waals surface area contributed by atoms with Gasteiger partial charge in [-0.05, 0) is 38.2 Å². The number of halogens is 1. The van der Waals surface area contributed by atoms with Crippen LogP contribution in [0.15, 0.2) is 17.0 Å². The van der Waals surface area contributed by atoms with E-state index >= 15 is 0 Å². The molecular formula is C13H20ClN3O4S. The number of benzene rings is 1. The lowest BCUT2D eigenvalue weighted by Crippen LogP contribution is -2.38. The third-order valence-corrected chi connectivity index (χ3v) is 5.32. The highest BCUT2D eigenvalue weighted by molar-refractivity contribution is 7.89. The fraction of sp³-hybridized carbons (Fsp3) is 0.538. The summed E-state index contributed by atoms with van der Waals surface area (Å²) in [4.78, 5) is 10.3. The molecule has 3 N–H and O–H groups in total. The summed E-state index contributed by atoms with van der Waals surface area (Å²) in [6, 6.07) is 2.86. The van der Waals surface area contributed by atoms with Crippen molar-refractivity contribution in [1.29, 1.82) is 0 Å². The van der Waals surface area contributed by atoms with Crippen molar-refractivity contribution in [3.05, 3.63) is 33.4 Å². The van der Waals surface area contributed by atoms with Crippen LogP contribution in [0.25, 0.3) is 0 Å². The summed E-state index contributed by atoms with van der Waals surface area (Å²) >= 11 is 0. The van der Waals surface area contributed by atoms with Gasteiger partial charge in [0.05, 0.1) is 4.92 Å². The van der Waals surface area contributed by atoms with Crippen molar-refractivity contribution in [2.24, 2.45) is 11.7 Å². The van der Waals surface area contributed by atoms with Crippen molar-refractivity contribution in [1.82, 2.24) is 4.72 Å². The lowest BCUT2D eigenvalue weighted by atomic mass is 10.1. The highest BCUT2D eigenvalue weighted by Gasteiger charge is 2.33. The third-order valence-electron chi connectivity index (χ3n) is 3.72. The maximum absolute atomic E-state index is 12.4. The first-order chi connectivity index (χ1) is 9.74. The molecule has 1 unspecified atom stereocenters. The van der Waals surface area contributed by atoms with Crippen LogP contribution in [0.2, 0.25) is 0 Å². The van der Waals surface area contributed by atoms with Gasteiger partial charge in [0, 0.05) is 18.2 Å². The summed E-state index contributed by atoms with van der Waals surface area (Å²) in [6.45, 7) is 3.16. The van der Waals surface area contributed by atoms with Gasteiger partial charge in [-0.2, -0.15) is 0 Å². The average Bonchev–Trinajstić information content (AvgIpc) is 3.22. The van der Waals surface area contributed by atoms with Crippen molar-refractivity contribution in [2.75, 3.05) is 6.54 Å². The van der Waals surface area contributed by atoms with Gasteiger partial charge < -0.3 is 5.73 Å². The monoisotopic (exact) mass is 349 g/mol. The Balaban J connectivity index is 0.00000242. The Morgan fingerprint density at radius 2 is 1.91 bits per heavy atom. The maximum Gasteiger partial charge on any atom is 0.292 e. The van der Waals surface area contributed by atoms with Crippen molar-refractivity contribution >= 4 is 28.1 Å².